The predicted molar refractivity (Wildman–Crippen MR) is 68.3 cm³/mol. The Morgan fingerprint density at radius 2 is 2.20 bits per heavy atom. The van der Waals surface area contributed by atoms with Gasteiger partial charge >= 0.3 is 0 Å². The SMILES string of the molecule is C=CCSCCNCCC(=O)NC(C)C. The van der Waals surface area contributed by atoms with Crippen molar-refractivity contribution < 1.29 is 4.79 Å². The second-order valence-electron chi connectivity index (χ2n) is 3.59. The van der Waals surface area contributed by atoms with E-state index in [0.717, 1.165) is 24.6 Å². The van der Waals surface area contributed by atoms with Crippen molar-refractivity contribution in [1.82, 2.24) is 10.6 Å². The van der Waals surface area contributed by atoms with Crippen molar-refractivity contribution in [3.8, 4) is 0 Å². The normalized spacial score (nSPS) is 10.3. The molecule has 0 spiro atoms. The number of thioether (sulfide) groups is 1. The molecule has 3 nitrogen and oxygen atoms in total. The molecule has 0 heterocycles. The molecule has 0 saturated carbocycles. The Labute approximate surface area is 97.1 Å². The van der Waals surface area contributed by atoms with Crippen molar-refractivity contribution in [2.75, 3.05) is 24.6 Å². The molecule has 0 aromatic rings. The molecule has 0 aliphatic carbocycles. The minimum absolute atomic E-state index is 0.122. The summed E-state index contributed by atoms with van der Waals surface area (Å²) in [6, 6.07) is 0.237. The molecule has 0 aromatic carbocycles. The molecule has 2 N–H and O–H groups in total. The quantitative estimate of drug-likeness (QED) is 0.465. The molecule has 0 fully saturated rings. The smallest absolute Gasteiger partial charge is 0.221 e. The van der Waals surface area contributed by atoms with Gasteiger partial charge in [0.05, 0.1) is 0 Å². The van der Waals surface area contributed by atoms with Gasteiger partial charge < -0.3 is 10.6 Å². The van der Waals surface area contributed by atoms with Gasteiger partial charge in [-0.05, 0) is 13.8 Å². The second kappa shape index (κ2) is 10.1. The fourth-order valence-electron chi connectivity index (χ4n) is 1.03. The van der Waals surface area contributed by atoms with Gasteiger partial charge in [0.1, 0.15) is 0 Å². The van der Waals surface area contributed by atoms with Crippen molar-refractivity contribution in [1.29, 1.82) is 0 Å². The highest BCUT2D eigenvalue weighted by molar-refractivity contribution is 7.99. The van der Waals surface area contributed by atoms with Crippen LogP contribution in [0.5, 0.6) is 0 Å². The van der Waals surface area contributed by atoms with Gasteiger partial charge in [-0.15, -0.1) is 6.58 Å². The first-order valence-corrected chi connectivity index (χ1v) is 6.51. The van der Waals surface area contributed by atoms with Gasteiger partial charge in [0.2, 0.25) is 5.91 Å². The molecular weight excluding hydrogens is 208 g/mol. The van der Waals surface area contributed by atoms with E-state index in [-0.39, 0.29) is 11.9 Å². The Morgan fingerprint density at radius 3 is 2.80 bits per heavy atom. The van der Waals surface area contributed by atoms with Crippen LogP contribution in [-0.4, -0.2) is 36.5 Å². The Kier molecular flexibility index (Phi) is 9.73. The number of nitrogens with one attached hydrogen (secondary N) is 2. The Balaban J connectivity index is 3.16. The zero-order valence-electron chi connectivity index (χ0n) is 9.71. The molecule has 0 atom stereocenters. The first-order valence-electron chi connectivity index (χ1n) is 5.35. The van der Waals surface area contributed by atoms with Crippen LogP contribution in [0.25, 0.3) is 0 Å². The molecule has 0 saturated heterocycles. The average molecular weight is 230 g/mol. The number of hydrogen-bond donors (Lipinski definition) is 2. The molecule has 0 aliphatic heterocycles. The fourth-order valence-corrected chi connectivity index (χ4v) is 1.65. The summed E-state index contributed by atoms with van der Waals surface area (Å²) in [6.07, 6.45) is 2.46. The van der Waals surface area contributed by atoms with Gasteiger partial charge in [-0.25, -0.2) is 0 Å². The second-order valence-corrected chi connectivity index (χ2v) is 4.74. The van der Waals surface area contributed by atoms with Gasteiger partial charge in [0.25, 0.3) is 0 Å². The zero-order chi connectivity index (χ0) is 11.5. The van der Waals surface area contributed by atoms with Crippen molar-refractivity contribution >= 4 is 17.7 Å². The van der Waals surface area contributed by atoms with E-state index >= 15 is 0 Å². The molecule has 0 rings (SSSR count). The van der Waals surface area contributed by atoms with Gasteiger partial charge in [-0.3, -0.25) is 4.79 Å². The topological polar surface area (TPSA) is 41.1 Å². The molecule has 0 radical (unpaired) electrons. The summed E-state index contributed by atoms with van der Waals surface area (Å²) in [5, 5.41) is 6.09. The number of carbonyl (C=O) groups is 1. The lowest BCUT2D eigenvalue weighted by Crippen LogP contribution is -2.32. The molecular formula is C11H22N2OS. The van der Waals surface area contributed by atoms with E-state index in [1.54, 1.807) is 0 Å². The third-order valence-corrected chi connectivity index (χ3v) is 2.60. The minimum atomic E-state index is 0.122. The van der Waals surface area contributed by atoms with Crippen LogP contribution in [0.2, 0.25) is 0 Å². The molecule has 88 valence electrons. The largest absolute Gasteiger partial charge is 0.354 e. The van der Waals surface area contributed by atoms with Gasteiger partial charge in [0, 0.05) is 37.1 Å². The van der Waals surface area contributed by atoms with Crippen molar-refractivity contribution in [3.05, 3.63) is 12.7 Å². The first kappa shape index (κ1) is 14.5. The summed E-state index contributed by atoms with van der Waals surface area (Å²) < 4.78 is 0. The summed E-state index contributed by atoms with van der Waals surface area (Å²) in [5.74, 6) is 2.18. The van der Waals surface area contributed by atoms with Gasteiger partial charge in [0.15, 0.2) is 0 Å². The van der Waals surface area contributed by atoms with Crippen LogP contribution in [0, 0.1) is 0 Å². The van der Waals surface area contributed by atoms with Crippen LogP contribution in [0.4, 0.5) is 0 Å². The first-order chi connectivity index (χ1) is 7.16. The standard InChI is InChI=1S/C11H22N2OS/c1-4-8-15-9-7-12-6-5-11(14)13-10(2)3/h4,10,12H,1,5-9H2,2-3H3,(H,13,14). The Hall–Kier alpha value is -0.480. The number of carbonyl (C=O) groups excluding carboxylic acids is 1. The molecule has 0 aliphatic rings. The van der Waals surface area contributed by atoms with Crippen LogP contribution in [0.3, 0.4) is 0 Å². The molecule has 0 unspecified atom stereocenters. The van der Waals surface area contributed by atoms with Crippen LogP contribution in [0.1, 0.15) is 20.3 Å². The highest BCUT2D eigenvalue weighted by Gasteiger charge is 2.01. The summed E-state index contributed by atoms with van der Waals surface area (Å²) in [6.45, 7) is 9.30. The fraction of sp³-hybridized carbons (Fsp3) is 0.727. The maximum absolute atomic E-state index is 11.2. The molecule has 4 heteroatoms. The van der Waals surface area contributed by atoms with Gasteiger partial charge in [-0.2, -0.15) is 11.8 Å². The summed E-state index contributed by atoms with van der Waals surface area (Å²) in [4.78, 5) is 11.2. The van der Waals surface area contributed by atoms with E-state index in [9.17, 15) is 4.79 Å². The number of amides is 1. The number of hydrogen-bond acceptors (Lipinski definition) is 3. The highest BCUT2D eigenvalue weighted by Crippen LogP contribution is 1.96. The lowest BCUT2D eigenvalue weighted by Gasteiger charge is -2.08. The molecule has 15 heavy (non-hydrogen) atoms. The van der Waals surface area contributed by atoms with E-state index in [4.69, 9.17) is 0 Å². The van der Waals surface area contributed by atoms with E-state index in [1.807, 2.05) is 31.7 Å². The lowest BCUT2D eigenvalue weighted by atomic mass is 10.3. The van der Waals surface area contributed by atoms with Crippen molar-refractivity contribution in [2.24, 2.45) is 0 Å². The van der Waals surface area contributed by atoms with Crippen LogP contribution in [0.15, 0.2) is 12.7 Å². The van der Waals surface area contributed by atoms with Crippen LogP contribution in [-0.2, 0) is 4.79 Å². The monoisotopic (exact) mass is 230 g/mol. The zero-order valence-corrected chi connectivity index (χ0v) is 10.5. The third-order valence-electron chi connectivity index (χ3n) is 1.64. The van der Waals surface area contributed by atoms with Crippen molar-refractivity contribution in [3.63, 3.8) is 0 Å². The molecule has 1 amide bonds. The summed E-state index contributed by atoms with van der Waals surface area (Å²) >= 11 is 1.84. The average Bonchev–Trinajstić information content (AvgIpc) is 2.15. The molecule has 0 bridgehead atoms. The van der Waals surface area contributed by atoms with Crippen LogP contribution >= 0.6 is 11.8 Å². The Morgan fingerprint density at radius 1 is 1.47 bits per heavy atom. The lowest BCUT2D eigenvalue weighted by molar-refractivity contribution is -0.121. The highest BCUT2D eigenvalue weighted by atomic mass is 32.2. The van der Waals surface area contributed by atoms with Crippen molar-refractivity contribution in [2.45, 2.75) is 26.3 Å². The maximum atomic E-state index is 11.2. The Bertz CT molecular complexity index is 183. The van der Waals surface area contributed by atoms with E-state index in [0.29, 0.717) is 6.42 Å². The summed E-state index contributed by atoms with van der Waals surface area (Å²) in [7, 11) is 0. The maximum Gasteiger partial charge on any atom is 0.221 e. The van der Waals surface area contributed by atoms with Gasteiger partial charge in [-0.1, -0.05) is 6.08 Å². The third kappa shape index (κ3) is 11.4. The number of rotatable bonds is 9. The van der Waals surface area contributed by atoms with Crippen LogP contribution < -0.4 is 10.6 Å². The predicted octanol–water partition coefficient (Wildman–Crippen LogP) is 1.41. The van der Waals surface area contributed by atoms with E-state index < -0.39 is 0 Å². The minimum Gasteiger partial charge on any atom is -0.354 e. The molecule has 0 aromatic heterocycles. The van der Waals surface area contributed by atoms with E-state index in [2.05, 4.69) is 17.2 Å². The summed E-state index contributed by atoms with van der Waals surface area (Å²) in [5.41, 5.74) is 0. The van der Waals surface area contributed by atoms with E-state index in [1.165, 1.54) is 0 Å².